The molecule has 180 valence electrons. The van der Waals surface area contributed by atoms with Gasteiger partial charge in [0.15, 0.2) is 5.11 Å². The van der Waals surface area contributed by atoms with Crippen LogP contribution in [0.4, 0.5) is 5.69 Å². The first-order chi connectivity index (χ1) is 16.6. The molecular weight excluding hydrogens is 448 g/mol. The molecule has 1 saturated heterocycles. The minimum absolute atomic E-state index is 0.395. The topological polar surface area (TPSA) is 60.8 Å². The highest BCUT2D eigenvalue weighted by Gasteiger charge is 2.25. The fourth-order valence-electron chi connectivity index (χ4n) is 4.31. The molecule has 0 bridgehead atoms. The van der Waals surface area contributed by atoms with Gasteiger partial charge in [-0.15, -0.1) is 0 Å². The van der Waals surface area contributed by atoms with E-state index in [-0.39, 0.29) is 0 Å². The van der Waals surface area contributed by atoms with Crippen molar-refractivity contribution in [3.8, 4) is 17.2 Å². The molecule has 1 aliphatic rings. The van der Waals surface area contributed by atoms with Gasteiger partial charge in [0, 0.05) is 49.7 Å². The molecule has 1 aromatic heterocycles. The van der Waals surface area contributed by atoms with Crippen molar-refractivity contribution >= 4 is 23.0 Å². The normalized spacial score (nSPS) is 14.0. The van der Waals surface area contributed by atoms with Crippen molar-refractivity contribution in [2.75, 3.05) is 39.2 Å². The van der Waals surface area contributed by atoms with Crippen LogP contribution in [0, 0.1) is 0 Å². The Morgan fingerprint density at radius 1 is 1.03 bits per heavy atom. The Morgan fingerprint density at radius 2 is 1.71 bits per heavy atom. The Morgan fingerprint density at radius 3 is 2.32 bits per heavy atom. The number of hydrogen-bond acceptors (Lipinski definition) is 5. The van der Waals surface area contributed by atoms with Crippen molar-refractivity contribution in [3.63, 3.8) is 0 Å². The molecule has 3 aromatic rings. The van der Waals surface area contributed by atoms with Crippen molar-refractivity contribution in [3.05, 3.63) is 66.2 Å². The van der Waals surface area contributed by atoms with E-state index in [9.17, 15) is 0 Å². The molecule has 7 nitrogen and oxygen atoms in total. The van der Waals surface area contributed by atoms with Crippen molar-refractivity contribution < 1.29 is 14.2 Å². The van der Waals surface area contributed by atoms with E-state index in [0.29, 0.717) is 12.5 Å². The molecule has 0 saturated carbocycles. The van der Waals surface area contributed by atoms with Crippen LogP contribution < -0.4 is 19.5 Å². The number of imidazole rings is 1. The minimum atomic E-state index is 0.395. The molecule has 0 radical (unpaired) electrons. The average molecular weight is 481 g/mol. The second-order valence-corrected chi connectivity index (χ2v) is 8.67. The van der Waals surface area contributed by atoms with Gasteiger partial charge >= 0.3 is 0 Å². The molecule has 1 fully saturated rings. The molecule has 0 unspecified atom stereocenters. The summed E-state index contributed by atoms with van der Waals surface area (Å²) in [4.78, 5) is 6.94. The fraction of sp³-hybridized carbons (Fsp3) is 0.385. The van der Waals surface area contributed by atoms with Gasteiger partial charge in [0.1, 0.15) is 23.1 Å². The van der Waals surface area contributed by atoms with Crippen molar-refractivity contribution in [2.24, 2.45) is 0 Å². The molecule has 8 heteroatoms. The van der Waals surface area contributed by atoms with E-state index in [1.165, 1.54) is 0 Å². The molecule has 0 atom stereocenters. The van der Waals surface area contributed by atoms with Crippen LogP contribution >= 0.6 is 12.2 Å². The van der Waals surface area contributed by atoms with E-state index in [2.05, 4.69) is 14.8 Å². The van der Waals surface area contributed by atoms with Gasteiger partial charge in [-0.05, 0) is 73.9 Å². The molecule has 0 spiro atoms. The lowest BCUT2D eigenvalue weighted by atomic mass is 9.96. The summed E-state index contributed by atoms with van der Waals surface area (Å²) in [7, 11) is 3.34. The van der Waals surface area contributed by atoms with Crippen molar-refractivity contribution in [1.29, 1.82) is 0 Å². The van der Waals surface area contributed by atoms with Crippen LogP contribution in [-0.2, 0) is 6.54 Å². The predicted octanol–water partition coefficient (Wildman–Crippen LogP) is 4.92. The number of piperidine rings is 1. The van der Waals surface area contributed by atoms with E-state index >= 15 is 0 Å². The van der Waals surface area contributed by atoms with Gasteiger partial charge in [-0.2, -0.15) is 0 Å². The van der Waals surface area contributed by atoms with E-state index in [1.807, 2.05) is 61.8 Å². The van der Waals surface area contributed by atoms with Gasteiger partial charge in [0.25, 0.3) is 0 Å². The zero-order valence-corrected chi connectivity index (χ0v) is 20.8. The first-order valence-corrected chi connectivity index (χ1v) is 12.0. The summed E-state index contributed by atoms with van der Waals surface area (Å²) in [6, 6.07) is 13.9. The van der Waals surface area contributed by atoms with Crippen molar-refractivity contribution in [1.82, 2.24) is 14.5 Å². The largest absolute Gasteiger partial charge is 0.497 e. The van der Waals surface area contributed by atoms with Gasteiger partial charge < -0.3 is 29.0 Å². The molecule has 34 heavy (non-hydrogen) atoms. The van der Waals surface area contributed by atoms with Crippen LogP contribution in [-0.4, -0.2) is 53.5 Å². The standard InChI is InChI=1S/C26H32N4O3S/c1-4-33-22-7-5-21(6-8-22)28-26(34)29-12-9-20(10-13-29)25-27-11-14-30(25)18-19-15-23(31-2)17-24(16-19)32-3/h5-8,11,14-17,20H,4,9-10,12-13,18H2,1-3H3,(H,28,34). The third-order valence-electron chi connectivity index (χ3n) is 6.08. The Kier molecular flexibility index (Phi) is 7.90. The number of anilines is 1. The van der Waals surface area contributed by atoms with Gasteiger partial charge in [0.05, 0.1) is 20.8 Å². The zero-order chi connectivity index (χ0) is 23.9. The van der Waals surface area contributed by atoms with Gasteiger partial charge in [-0.1, -0.05) is 0 Å². The first-order valence-electron chi connectivity index (χ1n) is 11.6. The summed E-state index contributed by atoms with van der Waals surface area (Å²) in [5, 5.41) is 4.11. The minimum Gasteiger partial charge on any atom is -0.497 e. The molecular formula is C26H32N4O3S. The highest BCUT2D eigenvalue weighted by atomic mass is 32.1. The molecule has 1 N–H and O–H groups in total. The second-order valence-electron chi connectivity index (χ2n) is 8.28. The summed E-state index contributed by atoms with van der Waals surface area (Å²) in [6.07, 6.45) is 5.94. The summed E-state index contributed by atoms with van der Waals surface area (Å²) in [6.45, 7) is 5.15. The number of thiocarbonyl (C=S) groups is 1. The fourth-order valence-corrected chi connectivity index (χ4v) is 4.61. The predicted molar refractivity (Wildman–Crippen MR) is 138 cm³/mol. The number of likely N-dealkylation sites (tertiary alicyclic amines) is 1. The average Bonchev–Trinajstić information content (AvgIpc) is 3.33. The maximum Gasteiger partial charge on any atom is 0.173 e. The SMILES string of the molecule is CCOc1ccc(NC(=S)N2CCC(c3nccn3Cc3cc(OC)cc(OC)c3)CC2)cc1. The summed E-state index contributed by atoms with van der Waals surface area (Å²) < 4.78 is 18.6. The highest BCUT2D eigenvalue weighted by Crippen LogP contribution is 2.29. The van der Waals surface area contributed by atoms with Crippen LogP contribution in [0.15, 0.2) is 54.9 Å². The Hall–Kier alpha value is -3.26. The highest BCUT2D eigenvalue weighted by molar-refractivity contribution is 7.80. The lowest BCUT2D eigenvalue weighted by Gasteiger charge is -2.33. The van der Waals surface area contributed by atoms with Crippen molar-refractivity contribution in [2.45, 2.75) is 32.2 Å². The number of nitrogens with zero attached hydrogens (tertiary/aromatic N) is 3. The quantitative estimate of drug-likeness (QED) is 0.459. The number of nitrogens with one attached hydrogen (secondary N) is 1. The first kappa shape index (κ1) is 23.9. The maximum absolute atomic E-state index is 5.68. The van der Waals surface area contributed by atoms with Crippen LogP contribution in [0.3, 0.4) is 0 Å². The van der Waals surface area contributed by atoms with Gasteiger partial charge in [0.2, 0.25) is 0 Å². The molecule has 2 heterocycles. The Bertz CT molecular complexity index is 1070. The molecule has 1 aliphatic heterocycles. The van der Waals surface area contributed by atoms with Gasteiger partial charge in [-0.3, -0.25) is 0 Å². The third kappa shape index (κ3) is 5.80. The molecule has 2 aromatic carbocycles. The number of aromatic nitrogens is 2. The molecule has 0 aliphatic carbocycles. The molecule has 4 rings (SSSR count). The monoisotopic (exact) mass is 480 g/mol. The smallest absolute Gasteiger partial charge is 0.173 e. The molecule has 0 amide bonds. The van der Waals surface area contributed by atoms with E-state index in [0.717, 1.165) is 71.9 Å². The summed E-state index contributed by atoms with van der Waals surface area (Å²) in [5.41, 5.74) is 2.09. The Balaban J connectivity index is 1.35. The summed E-state index contributed by atoms with van der Waals surface area (Å²) in [5.74, 6) is 3.96. The number of rotatable bonds is 8. The van der Waals surface area contributed by atoms with E-state index in [4.69, 9.17) is 31.4 Å². The second kappa shape index (κ2) is 11.2. The van der Waals surface area contributed by atoms with Crippen LogP contribution in [0.1, 0.15) is 37.1 Å². The summed E-state index contributed by atoms with van der Waals surface area (Å²) >= 11 is 5.68. The zero-order valence-electron chi connectivity index (χ0n) is 20.0. The van der Waals surface area contributed by atoms with Crippen LogP contribution in [0.2, 0.25) is 0 Å². The lowest BCUT2D eigenvalue weighted by Crippen LogP contribution is -2.40. The Labute approximate surface area is 206 Å². The van der Waals surface area contributed by atoms with Crippen LogP contribution in [0.25, 0.3) is 0 Å². The van der Waals surface area contributed by atoms with Gasteiger partial charge in [-0.25, -0.2) is 4.98 Å². The lowest BCUT2D eigenvalue weighted by molar-refractivity contribution is 0.307. The number of hydrogen-bond donors (Lipinski definition) is 1. The number of benzene rings is 2. The third-order valence-corrected chi connectivity index (χ3v) is 6.44. The number of methoxy groups -OCH3 is 2. The number of ether oxygens (including phenoxy) is 3. The van der Waals surface area contributed by atoms with Crippen LogP contribution in [0.5, 0.6) is 17.2 Å². The van der Waals surface area contributed by atoms with E-state index < -0.39 is 0 Å². The maximum atomic E-state index is 5.68. The van der Waals surface area contributed by atoms with E-state index in [1.54, 1.807) is 14.2 Å².